The molecule has 4 N–H and O–H groups in total. The van der Waals surface area contributed by atoms with E-state index in [1.165, 1.54) is 24.3 Å². The quantitative estimate of drug-likeness (QED) is 0.122. The first-order valence-corrected chi connectivity index (χ1v) is 16.2. The molecule has 3 aliphatic heterocycles. The summed E-state index contributed by atoms with van der Waals surface area (Å²) in [6.45, 7) is 2.32. The van der Waals surface area contributed by atoms with E-state index in [-0.39, 0.29) is 81.2 Å². The molecule has 4 aromatic rings. The molecule has 0 bridgehead atoms. The molecule has 0 spiro atoms. The smallest absolute Gasteiger partial charge is 0.319 e. The zero-order chi connectivity index (χ0) is 32.9. The van der Waals surface area contributed by atoms with Crippen LogP contribution in [-0.4, -0.2) is 62.8 Å². The van der Waals surface area contributed by atoms with Crippen LogP contribution in [0, 0.1) is 29.9 Å². The van der Waals surface area contributed by atoms with Gasteiger partial charge in [-0.3, -0.25) is 10.2 Å². The molecule has 5 heterocycles. The Balaban J connectivity index is 1.36. The van der Waals surface area contributed by atoms with Gasteiger partial charge in [-0.25, -0.2) is 22.5 Å². The van der Waals surface area contributed by atoms with Gasteiger partial charge < -0.3 is 15.6 Å². The van der Waals surface area contributed by atoms with Gasteiger partial charge in [0.15, 0.2) is 18.4 Å². The maximum absolute atomic E-state index is 16.8. The third-order valence-corrected chi connectivity index (χ3v) is 10.1. The maximum Gasteiger partial charge on any atom is 0.319 e. The largest absolute Gasteiger partial charge is 0.508 e. The summed E-state index contributed by atoms with van der Waals surface area (Å²) in [6, 6.07) is 5.20. The number of anilines is 1. The number of pyridine rings is 1. The molecule has 246 valence electrons. The van der Waals surface area contributed by atoms with Gasteiger partial charge in [-0.2, -0.15) is 9.97 Å². The Morgan fingerprint density at radius 2 is 1.85 bits per heavy atom. The average molecular weight is 649 g/mol. The predicted molar refractivity (Wildman–Crippen MR) is 171 cm³/mol. The lowest BCUT2D eigenvalue weighted by atomic mass is 9.93. The van der Waals surface area contributed by atoms with Crippen LogP contribution in [0.1, 0.15) is 62.6 Å². The molecule has 0 amide bonds. The molecule has 3 fully saturated rings. The lowest BCUT2D eigenvalue weighted by Crippen LogP contribution is -2.43. The number of hydrogen-bond donors (Lipinski definition) is 3. The summed E-state index contributed by atoms with van der Waals surface area (Å²) in [7, 11) is 0. The Hall–Kier alpha value is -4.21. The van der Waals surface area contributed by atoms with Crippen LogP contribution in [0.2, 0.25) is 0 Å². The van der Waals surface area contributed by atoms with Gasteiger partial charge in [0.2, 0.25) is 0 Å². The minimum absolute atomic E-state index is 0.0546. The summed E-state index contributed by atoms with van der Waals surface area (Å²) in [5, 5.41) is 13.7. The van der Waals surface area contributed by atoms with Crippen LogP contribution in [0.4, 0.5) is 23.4 Å². The van der Waals surface area contributed by atoms with Crippen LogP contribution in [-0.2, 0) is 6.42 Å². The fourth-order valence-corrected chi connectivity index (χ4v) is 7.80. The highest BCUT2D eigenvalue weighted by Gasteiger charge is 2.45. The number of aryl methyl sites for hydroxylation is 1. The monoisotopic (exact) mass is 648 g/mol. The molecule has 2 aromatic heterocycles. The zero-order valence-corrected chi connectivity index (χ0v) is 25.8. The molecule has 2 aromatic carbocycles. The molecule has 0 aliphatic carbocycles. The van der Waals surface area contributed by atoms with E-state index in [4.69, 9.17) is 16.9 Å². The molecule has 0 saturated carbocycles. The Bertz CT molecular complexity index is 1890. The second-order valence-corrected chi connectivity index (χ2v) is 13.0. The molecule has 12 heteroatoms. The van der Waals surface area contributed by atoms with Crippen LogP contribution in [0.5, 0.6) is 11.8 Å². The van der Waals surface area contributed by atoms with Crippen molar-refractivity contribution in [3.8, 4) is 35.4 Å². The first kappa shape index (κ1) is 31.4. The first-order chi connectivity index (χ1) is 22.7. The number of terminal acetylenes is 1. The highest BCUT2D eigenvalue weighted by atomic mass is 19.2. The summed E-state index contributed by atoms with van der Waals surface area (Å²) in [6.07, 6.45) is 8.32. The first-order valence-electron chi connectivity index (χ1n) is 16.2. The number of aromatic nitrogens is 3. The number of benzene rings is 2. The number of nitrogens with zero attached hydrogens (tertiary/aromatic N) is 4. The van der Waals surface area contributed by atoms with E-state index in [1.54, 1.807) is 0 Å². The number of nitrogens with two attached hydrogens (primary N) is 1. The molecule has 3 atom stereocenters. The lowest BCUT2D eigenvalue weighted by Gasteiger charge is -2.31. The van der Waals surface area contributed by atoms with Crippen molar-refractivity contribution in [2.75, 3.05) is 25.4 Å². The summed E-state index contributed by atoms with van der Waals surface area (Å²) in [5.74, 6) is -0.0287. The Labute approximate surface area is 269 Å². The normalized spacial score (nSPS) is 22.7. The van der Waals surface area contributed by atoms with Gasteiger partial charge in [0.25, 0.3) is 0 Å². The summed E-state index contributed by atoms with van der Waals surface area (Å²) >= 11 is 0. The summed E-state index contributed by atoms with van der Waals surface area (Å²) < 4.78 is 66.8. The fourth-order valence-electron chi connectivity index (χ4n) is 7.80. The Morgan fingerprint density at radius 3 is 2.62 bits per heavy atom. The van der Waals surface area contributed by atoms with Crippen molar-refractivity contribution >= 4 is 27.5 Å². The van der Waals surface area contributed by atoms with Crippen molar-refractivity contribution < 1.29 is 27.4 Å². The third-order valence-electron chi connectivity index (χ3n) is 10.1. The van der Waals surface area contributed by atoms with Gasteiger partial charge in [0, 0.05) is 16.9 Å². The fraction of sp³-hybridized carbons (Fsp3) is 0.457. The number of nitrogen functional groups attached to an aromatic ring is 1. The van der Waals surface area contributed by atoms with Crippen molar-refractivity contribution in [3.63, 3.8) is 0 Å². The number of rotatable bonds is 7. The third kappa shape index (κ3) is 5.69. The van der Waals surface area contributed by atoms with E-state index < -0.39 is 30.1 Å². The summed E-state index contributed by atoms with van der Waals surface area (Å²) in [4.78, 5) is 15.9. The van der Waals surface area contributed by atoms with Crippen LogP contribution in [0.25, 0.3) is 32.9 Å². The minimum Gasteiger partial charge on any atom is -0.508 e. The van der Waals surface area contributed by atoms with Gasteiger partial charge in [0.05, 0.1) is 22.2 Å². The molecule has 3 unspecified atom stereocenters. The van der Waals surface area contributed by atoms with Crippen LogP contribution >= 0.6 is 0 Å². The maximum atomic E-state index is 16.8. The van der Waals surface area contributed by atoms with Crippen LogP contribution in [0.15, 0.2) is 24.3 Å². The highest BCUT2D eigenvalue weighted by molar-refractivity contribution is 6.03. The second kappa shape index (κ2) is 12.4. The van der Waals surface area contributed by atoms with Crippen LogP contribution in [0.3, 0.4) is 0 Å². The SMILES string of the molecule is C#Cc1c(F)ccc2cc(O)cc(-c3nc(CCC4CCCC(F)NC4F)c4c(N)nc(OCC56CCCN5CCC6)nc4c3F)c12. The van der Waals surface area contributed by atoms with Gasteiger partial charge >= 0.3 is 6.01 Å². The van der Waals surface area contributed by atoms with Gasteiger partial charge in [-0.05, 0) is 94.5 Å². The highest BCUT2D eigenvalue weighted by Crippen LogP contribution is 2.41. The average Bonchev–Trinajstić information content (AvgIpc) is 3.58. The van der Waals surface area contributed by atoms with Gasteiger partial charge in [-0.1, -0.05) is 12.0 Å². The van der Waals surface area contributed by atoms with E-state index in [0.717, 1.165) is 38.8 Å². The van der Waals surface area contributed by atoms with E-state index in [0.29, 0.717) is 24.8 Å². The standard InChI is InChI=1S/C35H36F4N6O2/c1-2-22-24(36)10-8-20-16-21(46)17-23(27(20)22)30-29(38)31-28(25(41-30)11-9-19-6-3-7-26(37)42-32(19)39)33(40)44-34(43-31)47-18-35-12-4-14-45(35)15-5-13-35/h1,8,10,16-17,19,26,32,42,46H,3-7,9,11-15,18H2,(H2,40,43,44). The van der Waals surface area contributed by atoms with Crippen molar-refractivity contribution in [1.82, 2.24) is 25.2 Å². The predicted octanol–water partition coefficient (Wildman–Crippen LogP) is 6.31. The zero-order valence-electron chi connectivity index (χ0n) is 25.8. The van der Waals surface area contributed by atoms with Crippen molar-refractivity contribution in [2.24, 2.45) is 5.92 Å². The number of ether oxygens (including phenoxy) is 1. The molecule has 47 heavy (non-hydrogen) atoms. The van der Waals surface area contributed by atoms with E-state index in [2.05, 4.69) is 31.1 Å². The molecular formula is C35H36F4N6O2. The second-order valence-electron chi connectivity index (χ2n) is 13.0. The number of phenolic OH excluding ortho intramolecular Hbond substituents is 1. The van der Waals surface area contributed by atoms with Crippen molar-refractivity contribution in [2.45, 2.75) is 75.9 Å². The van der Waals surface area contributed by atoms with Crippen molar-refractivity contribution in [1.29, 1.82) is 0 Å². The minimum atomic E-state index is -1.58. The lowest BCUT2D eigenvalue weighted by molar-refractivity contribution is 0.108. The Kier molecular flexibility index (Phi) is 8.30. The van der Waals surface area contributed by atoms with E-state index in [1.807, 2.05) is 0 Å². The van der Waals surface area contributed by atoms with Gasteiger partial charge in [0.1, 0.15) is 35.2 Å². The summed E-state index contributed by atoms with van der Waals surface area (Å²) in [5.41, 5.74) is 6.15. The number of fused-ring (bicyclic) bond motifs is 3. The number of nitrogens with one attached hydrogen (secondary N) is 1. The number of hydrogen-bond acceptors (Lipinski definition) is 8. The molecule has 3 aliphatic rings. The molecule has 0 radical (unpaired) electrons. The molecular weight excluding hydrogens is 612 g/mol. The van der Waals surface area contributed by atoms with Crippen molar-refractivity contribution in [3.05, 3.63) is 47.2 Å². The topological polar surface area (TPSA) is 109 Å². The number of aromatic hydroxyl groups is 1. The van der Waals surface area contributed by atoms with Crippen LogP contribution < -0.4 is 15.8 Å². The number of phenols is 1. The molecule has 3 saturated heterocycles. The molecule has 7 rings (SSSR count). The molecule has 8 nitrogen and oxygen atoms in total. The number of halogens is 4. The van der Waals surface area contributed by atoms with Gasteiger partial charge in [-0.15, -0.1) is 6.42 Å². The van der Waals surface area contributed by atoms with E-state index in [9.17, 15) is 18.3 Å². The Morgan fingerprint density at radius 1 is 1.06 bits per heavy atom. The van der Waals surface area contributed by atoms with E-state index >= 15 is 4.39 Å². The number of alkyl halides is 2.